The predicted molar refractivity (Wildman–Crippen MR) is 69.7 cm³/mol. The van der Waals surface area contributed by atoms with Crippen LogP contribution in [0.15, 0.2) is 22.8 Å². The molecule has 0 aromatic carbocycles. The van der Waals surface area contributed by atoms with Gasteiger partial charge in [-0.25, -0.2) is 0 Å². The van der Waals surface area contributed by atoms with Gasteiger partial charge in [0.05, 0.1) is 18.7 Å². The van der Waals surface area contributed by atoms with Crippen LogP contribution >= 0.6 is 0 Å². The normalized spacial score (nSPS) is 16.9. The second-order valence-corrected chi connectivity index (χ2v) is 5.36. The highest BCUT2D eigenvalue weighted by Crippen LogP contribution is 2.30. The summed E-state index contributed by atoms with van der Waals surface area (Å²) in [5.41, 5.74) is 5.74. The minimum absolute atomic E-state index is 0.0828. The number of hydrogen-bond acceptors (Lipinski definition) is 3. The van der Waals surface area contributed by atoms with Crippen molar-refractivity contribution in [2.24, 2.45) is 17.6 Å². The maximum atomic E-state index is 12.5. The van der Waals surface area contributed by atoms with Gasteiger partial charge in [-0.05, 0) is 30.9 Å². The van der Waals surface area contributed by atoms with Crippen molar-refractivity contribution in [3.63, 3.8) is 0 Å². The van der Waals surface area contributed by atoms with Crippen molar-refractivity contribution in [2.45, 2.75) is 39.3 Å². The smallest absolute Gasteiger partial charge is 0.227 e. The molecule has 1 atom stereocenters. The zero-order valence-corrected chi connectivity index (χ0v) is 11.1. The molecule has 1 unspecified atom stereocenters. The summed E-state index contributed by atoms with van der Waals surface area (Å²) in [7, 11) is 0. The van der Waals surface area contributed by atoms with Crippen LogP contribution in [-0.4, -0.2) is 23.4 Å². The molecule has 0 saturated heterocycles. The van der Waals surface area contributed by atoms with Crippen LogP contribution in [0.5, 0.6) is 0 Å². The van der Waals surface area contributed by atoms with E-state index in [9.17, 15) is 4.79 Å². The standard InChI is InChI=1S/C14H22N2O2/c1-10(2)13(8-15)14(17)16(11-5-6-11)9-12-4-3-7-18-12/h3-4,7,10-11,13H,5-6,8-9,15H2,1-2H3. The number of rotatable bonds is 6. The summed E-state index contributed by atoms with van der Waals surface area (Å²) in [6.07, 6.45) is 3.84. The number of nitrogens with two attached hydrogens (primary N) is 1. The lowest BCUT2D eigenvalue weighted by Gasteiger charge is -2.28. The third kappa shape index (κ3) is 2.93. The highest BCUT2D eigenvalue weighted by Gasteiger charge is 2.36. The number of hydrogen-bond donors (Lipinski definition) is 1. The molecule has 0 bridgehead atoms. The zero-order chi connectivity index (χ0) is 13.1. The Balaban J connectivity index is 2.07. The van der Waals surface area contributed by atoms with Gasteiger partial charge in [-0.2, -0.15) is 0 Å². The number of carbonyl (C=O) groups is 1. The van der Waals surface area contributed by atoms with E-state index in [0.717, 1.165) is 18.6 Å². The van der Waals surface area contributed by atoms with Gasteiger partial charge in [0.2, 0.25) is 5.91 Å². The van der Waals surface area contributed by atoms with E-state index in [-0.39, 0.29) is 17.7 Å². The Morgan fingerprint density at radius 1 is 1.56 bits per heavy atom. The lowest BCUT2D eigenvalue weighted by atomic mass is 9.94. The van der Waals surface area contributed by atoms with Gasteiger partial charge in [0.15, 0.2) is 0 Å². The first-order valence-corrected chi connectivity index (χ1v) is 6.66. The highest BCUT2D eigenvalue weighted by molar-refractivity contribution is 5.80. The van der Waals surface area contributed by atoms with Crippen LogP contribution in [0.4, 0.5) is 0 Å². The van der Waals surface area contributed by atoms with E-state index in [4.69, 9.17) is 10.2 Å². The first-order chi connectivity index (χ1) is 8.63. The van der Waals surface area contributed by atoms with Crippen LogP contribution in [0.3, 0.4) is 0 Å². The lowest BCUT2D eigenvalue weighted by Crippen LogP contribution is -2.42. The second kappa shape index (κ2) is 5.57. The van der Waals surface area contributed by atoms with Gasteiger partial charge >= 0.3 is 0 Å². The topological polar surface area (TPSA) is 59.5 Å². The Kier molecular flexibility index (Phi) is 4.07. The molecule has 0 radical (unpaired) electrons. The first kappa shape index (κ1) is 13.1. The molecule has 4 heteroatoms. The molecule has 1 saturated carbocycles. The Morgan fingerprint density at radius 2 is 2.28 bits per heavy atom. The Bertz CT molecular complexity index is 383. The molecule has 18 heavy (non-hydrogen) atoms. The molecule has 0 spiro atoms. The molecule has 1 aliphatic carbocycles. The summed E-state index contributed by atoms with van der Waals surface area (Å²) in [5, 5.41) is 0. The van der Waals surface area contributed by atoms with Crippen molar-refractivity contribution in [1.82, 2.24) is 4.90 Å². The third-order valence-electron chi connectivity index (χ3n) is 3.55. The largest absolute Gasteiger partial charge is 0.467 e. The molecule has 2 rings (SSSR count). The van der Waals surface area contributed by atoms with Crippen LogP contribution in [0, 0.1) is 11.8 Å². The predicted octanol–water partition coefficient (Wildman–Crippen LogP) is 2.00. The van der Waals surface area contributed by atoms with Crippen molar-refractivity contribution in [3.05, 3.63) is 24.2 Å². The van der Waals surface area contributed by atoms with Gasteiger partial charge in [0.1, 0.15) is 5.76 Å². The van der Waals surface area contributed by atoms with Gasteiger partial charge in [0.25, 0.3) is 0 Å². The van der Waals surface area contributed by atoms with Crippen molar-refractivity contribution < 1.29 is 9.21 Å². The summed E-state index contributed by atoms with van der Waals surface area (Å²) >= 11 is 0. The fourth-order valence-corrected chi connectivity index (χ4v) is 2.21. The lowest BCUT2D eigenvalue weighted by molar-refractivity contribution is -0.138. The molecule has 2 N–H and O–H groups in total. The molecule has 0 aliphatic heterocycles. The van der Waals surface area contributed by atoms with E-state index in [1.165, 1.54) is 0 Å². The molecule has 1 aromatic rings. The summed E-state index contributed by atoms with van der Waals surface area (Å²) < 4.78 is 5.34. The fourth-order valence-electron chi connectivity index (χ4n) is 2.21. The highest BCUT2D eigenvalue weighted by atomic mass is 16.3. The van der Waals surface area contributed by atoms with Gasteiger partial charge in [-0.3, -0.25) is 4.79 Å². The Morgan fingerprint density at radius 3 is 2.72 bits per heavy atom. The molecule has 4 nitrogen and oxygen atoms in total. The average molecular weight is 250 g/mol. The van der Waals surface area contributed by atoms with Crippen LogP contribution in [0.2, 0.25) is 0 Å². The average Bonchev–Trinajstić information content (AvgIpc) is 3.03. The van der Waals surface area contributed by atoms with Gasteiger partial charge in [0, 0.05) is 12.6 Å². The maximum absolute atomic E-state index is 12.5. The number of furan rings is 1. The molecule has 100 valence electrons. The molecule has 1 aliphatic rings. The van der Waals surface area contributed by atoms with Gasteiger partial charge in [-0.1, -0.05) is 13.8 Å². The van der Waals surface area contributed by atoms with Crippen LogP contribution in [0.1, 0.15) is 32.4 Å². The van der Waals surface area contributed by atoms with Crippen molar-refractivity contribution >= 4 is 5.91 Å². The Labute approximate surface area is 108 Å². The number of amides is 1. The van der Waals surface area contributed by atoms with Crippen LogP contribution in [-0.2, 0) is 11.3 Å². The maximum Gasteiger partial charge on any atom is 0.227 e. The van der Waals surface area contributed by atoms with Crippen LogP contribution in [0.25, 0.3) is 0 Å². The number of carbonyl (C=O) groups excluding carboxylic acids is 1. The molecule has 1 fully saturated rings. The molecule has 1 amide bonds. The quantitative estimate of drug-likeness (QED) is 0.840. The van der Waals surface area contributed by atoms with Crippen molar-refractivity contribution in [1.29, 1.82) is 0 Å². The van der Waals surface area contributed by atoms with E-state index in [0.29, 0.717) is 19.1 Å². The molecule has 1 aromatic heterocycles. The van der Waals surface area contributed by atoms with Gasteiger partial charge < -0.3 is 15.1 Å². The van der Waals surface area contributed by atoms with Crippen LogP contribution < -0.4 is 5.73 Å². The second-order valence-electron chi connectivity index (χ2n) is 5.36. The third-order valence-corrected chi connectivity index (χ3v) is 3.55. The monoisotopic (exact) mass is 250 g/mol. The summed E-state index contributed by atoms with van der Waals surface area (Å²) in [6.45, 7) is 5.08. The fraction of sp³-hybridized carbons (Fsp3) is 0.643. The summed E-state index contributed by atoms with van der Waals surface area (Å²) in [6, 6.07) is 4.15. The molecule has 1 heterocycles. The Hall–Kier alpha value is -1.29. The SMILES string of the molecule is CC(C)C(CN)C(=O)N(Cc1ccco1)C1CC1. The summed E-state index contributed by atoms with van der Waals surface area (Å²) in [4.78, 5) is 14.5. The first-order valence-electron chi connectivity index (χ1n) is 6.66. The molecular weight excluding hydrogens is 228 g/mol. The van der Waals surface area contributed by atoms with E-state index in [1.807, 2.05) is 30.9 Å². The van der Waals surface area contributed by atoms with Crippen molar-refractivity contribution in [2.75, 3.05) is 6.54 Å². The molecular formula is C14H22N2O2. The van der Waals surface area contributed by atoms with E-state index < -0.39 is 0 Å². The zero-order valence-electron chi connectivity index (χ0n) is 11.1. The van der Waals surface area contributed by atoms with Crippen molar-refractivity contribution in [3.8, 4) is 0 Å². The minimum Gasteiger partial charge on any atom is -0.467 e. The van der Waals surface area contributed by atoms with Gasteiger partial charge in [-0.15, -0.1) is 0 Å². The van der Waals surface area contributed by atoms with E-state index in [1.54, 1.807) is 6.26 Å². The summed E-state index contributed by atoms with van der Waals surface area (Å²) in [5.74, 6) is 1.21. The van der Waals surface area contributed by atoms with E-state index in [2.05, 4.69) is 0 Å². The number of nitrogens with zero attached hydrogens (tertiary/aromatic N) is 1. The van der Waals surface area contributed by atoms with E-state index >= 15 is 0 Å². The minimum atomic E-state index is -0.0828.